The first-order valence-electron chi connectivity index (χ1n) is 7.99. The van der Waals surface area contributed by atoms with Gasteiger partial charge in [-0.2, -0.15) is 13.2 Å². The van der Waals surface area contributed by atoms with Crippen LogP contribution in [0.15, 0.2) is 66.7 Å². The molecule has 2 nitrogen and oxygen atoms in total. The second-order valence-electron chi connectivity index (χ2n) is 5.93. The number of hydrogen-bond acceptors (Lipinski definition) is 3. The Kier molecular flexibility index (Phi) is 4.38. The maximum atomic E-state index is 12.7. The van der Waals surface area contributed by atoms with Gasteiger partial charge in [0.15, 0.2) is 5.75 Å². The van der Waals surface area contributed by atoms with Crippen LogP contribution in [-0.2, 0) is 12.7 Å². The van der Waals surface area contributed by atoms with E-state index in [0.717, 1.165) is 52.2 Å². The van der Waals surface area contributed by atoms with Gasteiger partial charge in [-0.25, -0.2) is 4.72 Å². The third kappa shape index (κ3) is 3.30. The second kappa shape index (κ2) is 6.70. The molecule has 3 aromatic carbocycles. The Morgan fingerprint density at radius 2 is 1.42 bits per heavy atom. The van der Waals surface area contributed by atoms with Crippen molar-refractivity contribution in [1.29, 1.82) is 0 Å². The summed E-state index contributed by atoms with van der Waals surface area (Å²) in [7, 11) is 0. The molecule has 1 aliphatic rings. The van der Waals surface area contributed by atoms with Crippen LogP contribution >= 0.6 is 12.2 Å². The lowest BCUT2D eigenvalue weighted by Gasteiger charge is -2.19. The first kappa shape index (κ1) is 17.0. The van der Waals surface area contributed by atoms with E-state index in [4.69, 9.17) is 4.18 Å². The standard InChI is InChI=1S/C20H14F3NOS/c21-20(22,23)17-10-8-14(9-11-17)13-4-6-15(7-5-13)18-3-1-2-16-12-24-26-25-19(16)18/h1-11,24H,12H2. The second-order valence-corrected chi connectivity index (χ2v) is 6.56. The van der Waals surface area contributed by atoms with Gasteiger partial charge < -0.3 is 4.18 Å². The van der Waals surface area contributed by atoms with E-state index in [1.807, 2.05) is 42.5 Å². The lowest BCUT2D eigenvalue weighted by atomic mass is 9.97. The van der Waals surface area contributed by atoms with Crippen LogP contribution < -0.4 is 8.91 Å². The summed E-state index contributed by atoms with van der Waals surface area (Å²) in [5.74, 6) is 0.846. The molecule has 0 fully saturated rings. The van der Waals surface area contributed by atoms with Crippen LogP contribution in [0.5, 0.6) is 5.75 Å². The SMILES string of the molecule is FC(F)(F)c1ccc(-c2ccc(-c3cccc4c3OSNC4)cc2)cc1. The highest BCUT2D eigenvalue weighted by Gasteiger charge is 2.29. The molecule has 0 atom stereocenters. The lowest BCUT2D eigenvalue weighted by Crippen LogP contribution is -2.12. The summed E-state index contributed by atoms with van der Waals surface area (Å²) < 4.78 is 46.8. The van der Waals surface area contributed by atoms with Crippen molar-refractivity contribution in [3.63, 3.8) is 0 Å². The summed E-state index contributed by atoms with van der Waals surface area (Å²) >= 11 is 1.21. The summed E-state index contributed by atoms with van der Waals surface area (Å²) in [6, 6.07) is 18.9. The third-order valence-electron chi connectivity index (χ3n) is 4.28. The number of fused-ring (bicyclic) bond motifs is 1. The Bertz CT molecular complexity index is 921. The number of halogens is 3. The lowest BCUT2D eigenvalue weighted by molar-refractivity contribution is -0.137. The van der Waals surface area contributed by atoms with E-state index in [-0.39, 0.29) is 0 Å². The van der Waals surface area contributed by atoms with Crippen molar-refractivity contribution in [1.82, 2.24) is 4.72 Å². The molecule has 26 heavy (non-hydrogen) atoms. The van der Waals surface area contributed by atoms with Gasteiger partial charge in [-0.15, -0.1) is 0 Å². The minimum Gasteiger partial charge on any atom is -0.409 e. The average Bonchev–Trinajstić information content (AvgIpc) is 2.67. The molecule has 1 heterocycles. The zero-order valence-corrected chi connectivity index (χ0v) is 14.3. The van der Waals surface area contributed by atoms with Crippen molar-refractivity contribution in [3.8, 4) is 28.0 Å². The predicted molar refractivity (Wildman–Crippen MR) is 97.4 cm³/mol. The molecule has 1 N–H and O–H groups in total. The highest BCUT2D eigenvalue weighted by Crippen LogP contribution is 2.38. The van der Waals surface area contributed by atoms with E-state index in [1.54, 1.807) is 0 Å². The van der Waals surface area contributed by atoms with Gasteiger partial charge in [-0.3, -0.25) is 0 Å². The van der Waals surface area contributed by atoms with Gasteiger partial charge in [0.25, 0.3) is 0 Å². The number of hydrogen-bond donors (Lipinski definition) is 1. The largest absolute Gasteiger partial charge is 0.416 e. The summed E-state index contributed by atoms with van der Waals surface area (Å²) in [4.78, 5) is 0. The molecular formula is C20H14F3NOS. The van der Waals surface area contributed by atoms with E-state index >= 15 is 0 Å². The van der Waals surface area contributed by atoms with E-state index in [9.17, 15) is 13.2 Å². The fourth-order valence-corrected chi connectivity index (χ4v) is 3.48. The Balaban J connectivity index is 1.64. The molecular weight excluding hydrogens is 359 g/mol. The number of nitrogens with one attached hydrogen (secondary N) is 1. The monoisotopic (exact) mass is 373 g/mol. The van der Waals surface area contributed by atoms with Gasteiger partial charge in [-0.05, 0) is 28.8 Å². The molecule has 0 aromatic heterocycles. The smallest absolute Gasteiger partial charge is 0.409 e. The van der Waals surface area contributed by atoms with E-state index in [2.05, 4.69) is 4.72 Å². The molecule has 0 aliphatic carbocycles. The minimum atomic E-state index is -4.32. The van der Waals surface area contributed by atoms with Crippen LogP contribution in [0, 0.1) is 0 Å². The van der Waals surface area contributed by atoms with Gasteiger partial charge in [0, 0.05) is 17.7 Å². The van der Waals surface area contributed by atoms with Crippen LogP contribution in [0.4, 0.5) is 13.2 Å². The minimum absolute atomic E-state index is 0.642. The topological polar surface area (TPSA) is 21.3 Å². The zero-order valence-electron chi connectivity index (χ0n) is 13.5. The van der Waals surface area contributed by atoms with Crippen molar-refractivity contribution in [2.45, 2.75) is 12.7 Å². The van der Waals surface area contributed by atoms with Gasteiger partial charge >= 0.3 is 6.18 Å². The van der Waals surface area contributed by atoms with E-state index < -0.39 is 11.7 Å². The van der Waals surface area contributed by atoms with Crippen LogP contribution in [0.1, 0.15) is 11.1 Å². The van der Waals surface area contributed by atoms with Crippen molar-refractivity contribution in [2.75, 3.05) is 0 Å². The first-order chi connectivity index (χ1) is 12.5. The average molecular weight is 373 g/mol. The number of para-hydroxylation sites is 1. The Morgan fingerprint density at radius 3 is 2.08 bits per heavy atom. The molecule has 0 saturated carbocycles. The van der Waals surface area contributed by atoms with Gasteiger partial charge in [0.1, 0.15) is 12.2 Å². The Morgan fingerprint density at radius 1 is 0.808 bits per heavy atom. The molecule has 6 heteroatoms. The molecule has 0 bridgehead atoms. The summed E-state index contributed by atoms with van der Waals surface area (Å²) in [5.41, 5.74) is 4.06. The molecule has 0 unspecified atom stereocenters. The van der Waals surface area contributed by atoms with Crippen LogP contribution in [0.25, 0.3) is 22.3 Å². The highest BCUT2D eigenvalue weighted by atomic mass is 32.2. The van der Waals surface area contributed by atoms with Crippen molar-refractivity contribution < 1.29 is 17.4 Å². The zero-order chi connectivity index (χ0) is 18.1. The van der Waals surface area contributed by atoms with Crippen LogP contribution in [0.3, 0.4) is 0 Å². The third-order valence-corrected chi connectivity index (χ3v) is 4.80. The molecule has 0 amide bonds. The summed E-state index contributed by atoms with van der Waals surface area (Å²) in [5, 5.41) is 0. The number of benzene rings is 3. The van der Waals surface area contributed by atoms with Crippen LogP contribution in [-0.4, -0.2) is 0 Å². The Hall–Kier alpha value is -2.44. The molecule has 3 aromatic rings. The van der Waals surface area contributed by atoms with E-state index in [1.165, 1.54) is 24.4 Å². The van der Waals surface area contributed by atoms with Crippen molar-refractivity contribution in [2.24, 2.45) is 0 Å². The maximum absolute atomic E-state index is 12.7. The van der Waals surface area contributed by atoms with Gasteiger partial charge in [0.2, 0.25) is 0 Å². The van der Waals surface area contributed by atoms with Gasteiger partial charge in [-0.1, -0.05) is 54.6 Å². The first-order valence-corrected chi connectivity index (χ1v) is 8.73. The predicted octanol–water partition coefficient (Wildman–Crippen LogP) is 6.08. The summed E-state index contributed by atoms with van der Waals surface area (Å²) in [6.45, 7) is 0.734. The maximum Gasteiger partial charge on any atom is 0.416 e. The molecule has 0 saturated heterocycles. The highest BCUT2D eigenvalue weighted by molar-refractivity contribution is 7.93. The fraction of sp³-hybridized carbons (Fsp3) is 0.100. The molecule has 0 spiro atoms. The van der Waals surface area contributed by atoms with Crippen molar-refractivity contribution >= 4 is 12.2 Å². The molecule has 4 rings (SSSR count). The number of rotatable bonds is 2. The molecule has 0 radical (unpaired) electrons. The van der Waals surface area contributed by atoms with Gasteiger partial charge in [0.05, 0.1) is 5.56 Å². The number of alkyl halides is 3. The van der Waals surface area contributed by atoms with E-state index in [0.29, 0.717) is 0 Å². The normalized spacial score (nSPS) is 13.8. The quantitative estimate of drug-likeness (QED) is 0.434. The Labute approximate surface area is 153 Å². The molecule has 1 aliphatic heterocycles. The fourth-order valence-electron chi connectivity index (χ4n) is 2.92. The summed E-state index contributed by atoms with van der Waals surface area (Å²) in [6.07, 6.45) is -4.32. The molecule has 132 valence electrons. The van der Waals surface area contributed by atoms with Crippen LogP contribution in [0.2, 0.25) is 0 Å². The van der Waals surface area contributed by atoms with Crippen molar-refractivity contribution in [3.05, 3.63) is 77.9 Å².